The van der Waals surface area contributed by atoms with Gasteiger partial charge in [-0.25, -0.2) is 0 Å². The summed E-state index contributed by atoms with van der Waals surface area (Å²) in [6, 6.07) is 54.8. The Labute approximate surface area is 237 Å². The van der Waals surface area contributed by atoms with Crippen molar-refractivity contribution in [3.8, 4) is 39.1 Å². The molecule has 0 atom stereocenters. The van der Waals surface area contributed by atoms with Gasteiger partial charge in [0.2, 0.25) is 0 Å². The van der Waals surface area contributed by atoms with Crippen LogP contribution in [0.4, 0.5) is 0 Å². The molecule has 40 heavy (non-hydrogen) atoms. The van der Waals surface area contributed by atoms with Gasteiger partial charge >= 0.3 is 0 Å². The fourth-order valence-corrected chi connectivity index (χ4v) is 7.14. The summed E-state index contributed by atoms with van der Waals surface area (Å²) in [5, 5.41) is 3.99. The topological polar surface area (TPSA) is 4.93 Å². The molecule has 0 fully saturated rings. The average Bonchev–Trinajstić information content (AvgIpc) is 3.56. The van der Waals surface area contributed by atoms with E-state index in [1.807, 2.05) is 11.3 Å². The van der Waals surface area contributed by atoms with Crippen molar-refractivity contribution in [1.82, 2.24) is 4.57 Å². The minimum atomic E-state index is 1.18. The van der Waals surface area contributed by atoms with Crippen molar-refractivity contribution >= 4 is 42.5 Å². The van der Waals surface area contributed by atoms with Gasteiger partial charge in [-0.15, -0.1) is 11.3 Å². The Morgan fingerprint density at radius 1 is 0.400 bits per heavy atom. The summed E-state index contributed by atoms with van der Waals surface area (Å²) >= 11 is 1.87. The monoisotopic (exact) mass is 527 g/mol. The van der Waals surface area contributed by atoms with Gasteiger partial charge in [0.1, 0.15) is 4.83 Å². The molecule has 0 radical (unpaired) electrons. The van der Waals surface area contributed by atoms with Gasteiger partial charge in [0.05, 0.1) is 5.52 Å². The molecule has 8 aromatic rings. The van der Waals surface area contributed by atoms with E-state index in [0.717, 1.165) is 0 Å². The maximum absolute atomic E-state index is 2.43. The lowest BCUT2D eigenvalue weighted by Crippen LogP contribution is -1.92. The molecule has 0 unspecified atom stereocenters. The van der Waals surface area contributed by atoms with E-state index in [9.17, 15) is 0 Å². The zero-order chi connectivity index (χ0) is 26.5. The smallest absolute Gasteiger partial charge is 0.109 e. The Balaban J connectivity index is 1.28. The Morgan fingerprint density at radius 2 is 0.900 bits per heavy atom. The number of rotatable bonds is 4. The summed E-state index contributed by atoms with van der Waals surface area (Å²) in [6.07, 6.45) is 0. The third-order valence-corrected chi connectivity index (χ3v) is 8.96. The van der Waals surface area contributed by atoms with Crippen LogP contribution in [-0.2, 0) is 0 Å². The van der Waals surface area contributed by atoms with Crippen LogP contribution in [0, 0.1) is 0 Å². The Morgan fingerprint density at radius 3 is 1.52 bits per heavy atom. The van der Waals surface area contributed by atoms with Crippen LogP contribution in [0.15, 0.2) is 152 Å². The molecule has 6 aromatic carbocycles. The third kappa shape index (κ3) is 3.77. The molecule has 2 aromatic heterocycles. The Kier molecular flexibility index (Phi) is 5.39. The molecule has 0 saturated carbocycles. The highest BCUT2D eigenvalue weighted by molar-refractivity contribution is 7.25. The van der Waals surface area contributed by atoms with Crippen LogP contribution >= 0.6 is 11.3 Å². The molecule has 0 saturated heterocycles. The first-order chi connectivity index (χ1) is 19.8. The molecule has 0 N–H and O–H groups in total. The van der Waals surface area contributed by atoms with Gasteiger partial charge in [-0.3, -0.25) is 0 Å². The van der Waals surface area contributed by atoms with Crippen LogP contribution in [0.3, 0.4) is 0 Å². The largest absolute Gasteiger partial charge is 0.301 e. The van der Waals surface area contributed by atoms with E-state index in [4.69, 9.17) is 0 Å². The Bertz CT molecular complexity index is 2070. The van der Waals surface area contributed by atoms with E-state index in [-0.39, 0.29) is 0 Å². The molecule has 1 nitrogen and oxygen atoms in total. The quantitative estimate of drug-likeness (QED) is 0.214. The first kappa shape index (κ1) is 23.0. The van der Waals surface area contributed by atoms with Crippen molar-refractivity contribution in [3.63, 3.8) is 0 Å². The minimum absolute atomic E-state index is 1.18. The molecule has 0 aliphatic heterocycles. The number of thiophene rings is 1. The van der Waals surface area contributed by atoms with Gasteiger partial charge < -0.3 is 4.57 Å². The fraction of sp³-hybridized carbons (Fsp3) is 0. The first-order valence-electron chi connectivity index (χ1n) is 13.6. The zero-order valence-electron chi connectivity index (χ0n) is 21.8. The average molecular weight is 528 g/mol. The molecular weight excluding hydrogens is 502 g/mol. The lowest BCUT2D eigenvalue weighted by Gasteiger charge is -2.12. The highest BCUT2D eigenvalue weighted by atomic mass is 32.1. The number of aromatic nitrogens is 1. The van der Waals surface area contributed by atoms with Crippen molar-refractivity contribution < 1.29 is 0 Å². The summed E-state index contributed by atoms with van der Waals surface area (Å²) in [5.41, 5.74) is 9.77. The molecule has 0 amide bonds. The van der Waals surface area contributed by atoms with Crippen LogP contribution < -0.4 is 0 Å². The maximum atomic E-state index is 2.43. The number of hydrogen-bond donors (Lipinski definition) is 0. The van der Waals surface area contributed by atoms with Gasteiger partial charge in [-0.2, -0.15) is 0 Å². The number of nitrogens with zero attached hydrogens (tertiary/aromatic N) is 1. The predicted molar refractivity (Wildman–Crippen MR) is 172 cm³/mol. The standard InChI is InChI=1S/C38H25NS/c1-3-11-26(12-4-1)29-23-30(27-13-5-2-6-14-27)25-31(24-29)28-19-21-32(22-20-28)39-35-17-9-7-15-33(35)37-34-16-8-10-18-36(34)40-38(37)39/h1-25H. The highest BCUT2D eigenvalue weighted by Gasteiger charge is 2.17. The fourth-order valence-electron chi connectivity index (χ4n) is 5.89. The second-order valence-corrected chi connectivity index (χ2v) is 11.2. The lowest BCUT2D eigenvalue weighted by molar-refractivity contribution is 1.19. The van der Waals surface area contributed by atoms with Crippen molar-refractivity contribution in [2.45, 2.75) is 0 Å². The molecule has 8 rings (SSSR count). The van der Waals surface area contributed by atoms with Gasteiger partial charge in [0.15, 0.2) is 0 Å². The summed E-state index contributed by atoms with van der Waals surface area (Å²) < 4.78 is 3.75. The molecule has 0 spiro atoms. The second-order valence-electron chi connectivity index (χ2n) is 10.2. The molecule has 2 heteroatoms. The van der Waals surface area contributed by atoms with E-state index in [1.54, 1.807) is 0 Å². The highest BCUT2D eigenvalue weighted by Crippen LogP contribution is 2.42. The van der Waals surface area contributed by atoms with E-state index < -0.39 is 0 Å². The van der Waals surface area contributed by atoms with E-state index in [0.29, 0.717) is 0 Å². The predicted octanol–water partition coefficient (Wildman–Crippen LogP) is 11.0. The first-order valence-corrected chi connectivity index (χ1v) is 14.4. The summed E-state index contributed by atoms with van der Waals surface area (Å²) in [4.78, 5) is 1.30. The molecule has 2 heterocycles. The van der Waals surface area contributed by atoms with Gasteiger partial charge in [0, 0.05) is 26.5 Å². The molecule has 0 aliphatic rings. The SMILES string of the molecule is c1ccc(-c2cc(-c3ccccc3)cc(-c3ccc(-n4c5ccccc5c5c6ccccc6sc54)cc3)c2)cc1. The van der Waals surface area contributed by atoms with E-state index in [2.05, 4.69) is 156 Å². The summed E-state index contributed by atoms with van der Waals surface area (Å²) in [6.45, 7) is 0. The van der Waals surface area contributed by atoms with E-state index in [1.165, 1.54) is 70.3 Å². The molecule has 0 bridgehead atoms. The van der Waals surface area contributed by atoms with Crippen LogP contribution in [0.5, 0.6) is 0 Å². The van der Waals surface area contributed by atoms with Crippen molar-refractivity contribution in [2.24, 2.45) is 0 Å². The van der Waals surface area contributed by atoms with Crippen LogP contribution in [0.25, 0.3) is 70.3 Å². The summed E-state index contributed by atoms with van der Waals surface area (Å²) in [5.74, 6) is 0. The molecule has 0 aliphatic carbocycles. The van der Waals surface area contributed by atoms with Crippen LogP contribution in [0.2, 0.25) is 0 Å². The van der Waals surface area contributed by atoms with Gasteiger partial charge in [-0.1, -0.05) is 109 Å². The van der Waals surface area contributed by atoms with Crippen molar-refractivity contribution in [3.05, 3.63) is 152 Å². The number of benzene rings is 6. The van der Waals surface area contributed by atoms with Crippen LogP contribution in [0.1, 0.15) is 0 Å². The van der Waals surface area contributed by atoms with Gasteiger partial charge in [-0.05, 0) is 75.8 Å². The number of para-hydroxylation sites is 1. The molecule has 188 valence electrons. The lowest BCUT2D eigenvalue weighted by atomic mass is 9.93. The zero-order valence-corrected chi connectivity index (χ0v) is 22.6. The number of hydrogen-bond acceptors (Lipinski definition) is 1. The molecular formula is C38H25NS. The number of fused-ring (bicyclic) bond motifs is 5. The van der Waals surface area contributed by atoms with Gasteiger partial charge in [0.25, 0.3) is 0 Å². The maximum Gasteiger partial charge on any atom is 0.109 e. The van der Waals surface area contributed by atoms with Crippen molar-refractivity contribution in [1.29, 1.82) is 0 Å². The Hall–Kier alpha value is -4.92. The third-order valence-electron chi connectivity index (χ3n) is 7.80. The van der Waals surface area contributed by atoms with Crippen LogP contribution in [-0.4, -0.2) is 4.57 Å². The van der Waals surface area contributed by atoms with E-state index >= 15 is 0 Å². The minimum Gasteiger partial charge on any atom is -0.301 e. The van der Waals surface area contributed by atoms with Crippen molar-refractivity contribution in [2.75, 3.05) is 0 Å². The second kappa shape index (κ2) is 9.37. The summed E-state index contributed by atoms with van der Waals surface area (Å²) in [7, 11) is 0. The normalized spacial score (nSPS) is 11.5.